The highest BCUT2D eigenvalue weighted by Gasteiger charge is 2.26. The number of carbonyl (C=O) groups excluding carboxylic acids is 1. The molecule has 4 heteroatoms. The first-order valence-electron chi connectivity index (χ1n) is 4.36. The van der Waals surface area contributed by atoms with Gasteiger partial charge in [0, 0.05) is 19.5 Å². The molecule has 0 fully saturated rings. The maximum atomic E-state index is 11.4. The van der Waals surface area contributed by atoms with Crippen molar-refractivity contribution in [3.8, 4) is 0 Å². The lowest BCUT2D eigenvalue weighted by atomic mass is 10.1. The smallest absolute Gasteiger partial charge is 0.248 e. The summed E-state index contributed by atoms with van der Waals surface area (Å²) in [5, 5.41) is 0. The van der Waals surface area contributed by atoms with Gasteiger partial charge in [-0.25, -0.2) is 0 Å². The van der Waals surface area contributed by atoms with Crippen molar-refractivity contribution in [3.05, 3.63) is 0 Å². The number of hydrogen-bond acceptors (Lipinski definition) is 2. The highest BCUT2D eigenvalue weighted by atomic mass is 35.5. The highest BCUT2D eigenvalue weighted by Crippen LogP contribution is 2.13. The van der Waals surface area contributed by atoms with Crippen molar-refractivity contribution in [2.24, 2.45) is 0 Å². The van der Waals surface area contributed by atoms with Crippen LogP contribution in [-0.4, -0.2) is 42.5 Å². The predicted octanol–water partition coefficient (Wildman–Crippen LogP) is 1.50. The molecule has 0 unspecified atom stereocenters. The summed E-state index contributed by atoms with van der Waals surface area (Å²) in [7, 11) is 1.74. The minimum Gasteiger partial charge on any atom is -0.372 e. The van der Waals surface area contributed by atoms with Crippen molar-refractivity contribution < 1.29 is 9.53 Å². The number of carbonyl (C=O) groups is 1. The van der Waals surface area contributed by atoms with Gasteiger partial charge in [-0.3, -0.25) is 4.79 Å². The summed E-state index contributed by atoms with van der Waals surface area (Å²) >= 11 is 5.73. The topological polar surface area (TPSA) is 29.5 Å². The molecule has 0 aliphatic heterocycles. The Hall–Kier alpha value is -0.280. The predicted molar refractivity (Wildman–Crippen MR) is 54.1 cm³/mol. The van der Waals surface area contributed by atoms with Crippen LogP contribution < -0.4 is 0 Å². The van der Waals surface area contributed by atoms with Crippen LogP contribution in [0.15, 0.2) is 0 Å². The maximum absolute atomic E-state index is 11.4. The van der Waals surface area contributed by atoms with Gasteiger partial charge in [0.2, 0.25) is 5.91 Å². The first kappa shape index (κ1) is 12.7. The molecule has 0 saturated heterocycles. The van der Waals surface area contributed by atoms with Gasteiger partial charge in [0.1, 0.15) is 6.61 Å². The monoisotopic (exact) mass is 207 g/mol. The lowest BCUT2D eigenvalue weighted by Gasteiger charge is -2.33. The van der Waals surface area contributed by atoms with Crippen LogP contribution in [0.25, 0.3) is 0 Å². The molecular weight excluding hydrogens is 190 g/mol. The van der Waals surface area contributed by atoms with Gasteiger partial charge in [-0.1, -0.05) is 0 Å². The molecule has 0 aliphatic carbocycles. The number of nitrogens with zero attached hydrogens (tertiary/aromatic N) is 1. The molecule has 13 heavy (non-hydrogen) atoms. The fourth-order valence-corrected chi connectivity index (χ4v) is 0.893. The van der Waals surface area contributed by atoms with E-state index in [0.717, 1.165) is 0 Å². The molecule has 0 aromatic rings. The minimum atomic E-state index is -0.310. The van der Waals surface area contributed by atoms with E-state index in [2.05, 4.69) is 0 Å². The van der Waals surface area contributed by atoms with E-state index in [9.17, 15) is 4.79 Å². The van der Waals surface area contributed by atoms with E-state index in [0.29, 0.717) is 12.5 Å². The zero-order valence-electron chi connectivity index (χ0n) is 8.76. The molecule has 78 valence electrons. The van der Waals surface area contributed by atoms with Crippen molar-refractivity contribution in [3.63, 3.8) is 0 Å². The van der Waals surface area contributed by atoms with Gasteiger partial charge >= 0.3 is 0 Å². The van der Waals surface area contributed by atoms with Crippen LogP contribution in [0.2, 0.25) is 0 Å². The van der Waals surface area contributed by atoms with E-state index >= 15 is 0 Å². The lowest BCUT2D eigenvalue weighted by molar-refractivity contribution is -0.138. The fraction of sp³-hybridized carbons (Fsp3) is 0.889. The average Bonchev–Trinajstić information content (AvgIpc) is 2.12. The number of likely N-dealkylation sites (N-methyl/N-ethyl adjacent to an activating group) is 1. The van der Waals surface area contributed by atoms with Gasteiger partial charge in [-0.2, -0.15) is 0 Å². The number of hydrogen-bond donors (Lipinski definition) is 0. The molecule has 0 bridgehead atoms. The van der Waals surface area contributed by atoms with E-state index < -0.39 is 0 Å². The Balaban J connectivity index is 4.09. The number of halogens is 1. The summed E-state index contributed by atoms with van der Waals surface area (Å²) in [6.07, 6.45) is 0. The van der Waals surface area contributed by atoms with E-state index in [4.69, 9.17) is 16.3 Å². The molecule has 0 rings (SSSR count). The Morgan fingerprint density at radius 3 is 2.46 bits per heavy atom. The molecule has 0 aliphatic rings. The van der Waals surface area contributed by atoms with Crippen molar-refractivity contribution in [1.29, 1.82) is 0 Å². The molecule has 0 saturated carbocycles. The minimum absolute atomic E-state index is 0.0347. The summed E-state index contributed by atoms with van der Waals surface area (Å²) in [6.45, 7) is 6.39. The van der Waals surface area contributed by atoms with E-state index in [1.165, 1.54) is 0 Å². The summed E-state index contributed by atoms with van der Waals surface area (Å²) in [5.74, 6) is 0.383. The van der Waals surface area contributed by atoms with Crippen LogP contribution >= 0.6 is 11.6 Å². The molecule has 3 nitrogen and oxygen atoms in total. The molecule has 1 amide bonds. The second-order valence-electron chi connectivity index (χ2n) is 3.54. The van der Waals surface area contributed by atoms with Gasteiger partial charge < -0.3 is 9.64 Å². The van der Waals surface area contributed by atoms with Gasteiger partial charge in [-0.05, 0) is 20.8 Å². The molecule has 0 radical (unpaired) electrons. The van der Waals surface area contributed by atoms with E-state index in [1.54, 1.807) is 11.9 Å². The molecular formula is C9H18ClNO2. The molecule has 0 aromatic heterocycles. The van der Waals surface area contributed by atoms with Crippen LogP contribution in [0.1, 0.15) is 20.8 Å². The van der Waals surface area contributed by atoms with Crippen molar-refractivity contribution in [1.82, 2.24) is 4.90 Å². The van der Waals surface area contributed by atoms with Crippen LogP contribution in [-0.2, 0) is 9.53 Å². The van der Waals surface area contributed by atoms with Gasteiger partial charge in [0.15, 0.2) is 0 Å². The third-order valence-corrected chi connectivity index (χ3v) is 2.69. The zero-order chi connectivity index (χ0) is 10.5. The van der Waals surface area contributed by atoms with Crippen LogP contribution in [0.3, 0.4) is 0 Å². The van der Waals surface area contributed by atoms with Gasteiger partial charge in [-0.15, -0.1) is 11.6 Å². The lowest BCUT2D eigenvalue weighted by Crippen LogP contribution is -2.47. The van der Waals surface area contributed by atoms with Crippen LogP contribution in [0, 0.1) is 0 Å². The second kappa shape index (κ2) is 5.45. The third kappa shape index (κ3) is 3.96. The number of alkyl halides is 1. The van der Waals surface area contributed by atoms with Crippen LogP contribution in [0.4, 0.5) is 0 Å². The number of amides is 1. The second-order valence-corrected chi connectivity index (χ2v) is 3.80. The van der Waals surface area contributed by atoms with Crippen LogP contribution in [0.5, 0.6) is 0 Å². The first-order chi connectivity index (χ1) is 5.95. The standard InChI is InChI=1S/C9H18ClNO2/c1-5-13-6-8(12)11(4)9(2,3)7-10/h5-7H2,1-4H3. The van der Waals surface area contributed by atoms with Gasteiger partial charge in [0.05, 0.1) is 5.54 Å². The Kier molecular flexibility index (Phi) is 5.33. The Labute approximate surface area is 85.0 Å². The summed E-state index contributed by atoms with van der Waals surface area (Å²) in [6, 6.07) is 0. The SMILES string of the molecule is CCOCC(=O)N(C)C(C)(C)CCl. The number of rotatable bonds is 5. The van der Waals surface area contributed by atoms with E-state index in [1.807, 2.05) is 20.8 Å². The zero-order valence-corrected chi connectivity index (χ0v) is 9.52. The first-order valence-corrected chi connectivity index (χ1v) is 4.89. The number of ether oxygens (including phenoxy) is 1. The molecule has 0 heterocycles. The Morgan fingerprint density at radius 2 is 2.08 bits per heavy atom. The Bertz CT molecular complexity index is 171. The highest BCUT2D eigenvalue weighted by molar-refractivity contribution is 6.18. The van der Waals surface area contributed by atoms with E-state index in [-0.39, 0.29) is 18.1 Å². The summed E-state index contributed by atoms with van der Waals surface area (Å²) in [5.41, 5.74) is -0.310. The summed E-state index contributed by atoms with van der Waals surface area (Å²) < 4.78 is 5.02. The maximum Gasteiger partial charge on any atom is 0.248 e. The molecule has 0 N–H and O–H groups in total. The average molecular weight is 208 g/mol. The van der Waals surface area contributed by atoms with Crippen molar-refractivity contribution in [2.45, 2.75) is 26.3 Å². The molecule has 0 aromatic carbocycles. The largest absolute Gasteiger partial charge is 0.372 e. The Morgan fingerprint density at radius 1 is 1.54 bits per heavy atom. The van der Waals surface area contributed by atoms with Crippen molar-refractivity contribution >= 4 is 17.5 Å². The quantitative estimate of drug-likeness (QED) is 0.640. The fourth-order valence-electron chi connectivity index (χ4n) is 0.713. The van der Waals surface area contributed by atoms with Crippen molar-refractivity contribution in [2.75, 3.05) is 26.1 Å². The third-order valence-electron chi connectivity index (χ3n) is 2.04. The molecule has 0 spiro atoms. The summed E-state index contributed by atoms with van der Waals surface area (Å²) in [4.78, 5) is 13.1. The van der Waals surface area contributed by atoms with Gasteiger partial charge in [0.25, 0.3) is 0 Å². The normalized spacial score (nSPS) is 11.5. The molecule has 0 atom stereocenters.